The predicted molar refractivity (Wildman–Crippen MR) is 74.7 cm³/mol. The third kappa shape index (κ3) is 4.59. The molecule has 0 aromatic rings. The van der Waals surface area contributed by atoms with Gasteiger partial charge < -0.3 is 10.2 Å². The van der Waals surface area contributed by atoms with Crippen LogP contribution < -0.4 is 5.32 Å². The van der Waals surface area contributed by atoms with Gasteiger partial charge in [0.15, 0.2) is 0 Å². The van der Waals surface area contributed by atoms with Crippen LogP contribution in [0.4, 0.5) is 13.2 Å². The molecule has 6 heteroatoms. The first-order valence-electron chi connectivity index (χ1n) is 7.93. The van der Waals surface area contributed by atoms with Gasteiger partial charge in [-0.05, 0) is 50.6 Å². The Labute approximate surface area is 124 Å². The molecular formula is C15H25F3N2O. The SMILES string of the molecule is CC(CC(=O)N1CCC(C(F)(F)F)CC1)C1CCNCC1. The number of carbonyl (C=O) groups is 1. The Bertz CT molecular complexity index is 345. The number of piperidine rings is 2. The molecular weight excluding hydrogens is 281 g/mol. The molecule has 2 heterocycles. The molecule has 2 aliphatic heterocycles. The first-order chi connectivity index (χ1) is 9.88. The lowest BCUT2D eigenvalue weighted by Gasteiger charge is -2.34. The molecule has 1 unspecified atom stereocenters. The number of amides is 1. The molecule has 0 bridgehead atoms. The van der Waals surface area contributed by atoms with Crippen LogP contribution in [0.3, 0.4) is 0 Å². The fourth-order valence-corrected chi connectivity index (χ4v) is 3.44. The zero-order valence-electron chi connectivity index (χ0n) is 12.6. The second-order valence-electron chi connectivity index (χ2n) is 6.47. The number of carbonyl (C=O) groups excluding carboxylic acids is 1. The molecule has 0 radical (unpaired) electrons. The maximum Gasteiger partial charge on any atom is 0.391 e. The van der Waals surface area contributed by atoms with Crippen molar-refractivity contribution >= 4 is 5.91 Å². The number of hydrogen-bond donors (Lipinski definition) is 1. The number of halogens is 3. The predicted octanol–water partition coefficient (Wildman–Crippen LogP) is 2.81. The van der Waals surface area contributed by atoms with Crippen LogP contribution in [0, 0.1) is 17.8 Å². The highest BCUT2D eigenvalue weighted by Crippen LogP contribution is 2.34. The van der Waals surface area contributed by atoms with Crippen LogP contribution in [0.2, 0.25) is 0 Å². The summed E-state index contributed by atoms with van der Waals surface area (Å²) >= 11 is 0. The zero-order valence-corrected chi connectivity index (χ0v) is 12.6. The molecule has 1 N–H and O–H groups in total. The van der Waals surface area contributed by atoms with Gasteiger partial charge in [0, 0.05) is 19.5 Å². The number of rotatable bonds is 3. The molecule has 2 aliphatic rings. The molecule has 0 aromatic carbocycles. The molecule has 2 rings (SSSR count). The smallest absolute Gasteiger partial charge is 0.343 e. The monoisotopic (exact) mass is 306 g/mol. The van der Waals surface area contributed by atoms with Crippen molar-refractivity contribution < 1.29 is 18.0 Å². The fraction of sp³-hybridized carbons (Fsp3) is 0.933. The maximum absolute atomic E-state index is 12.6. The second kappa shape index (κ2) is 6.99. The van der Waals surface area contributed by atoms with E-state index in [9.17, 15) is 18.0 Å². The molecule has 122 valence electrons. The summed E-state index contributed by atoms with van der Waals surface area (Å²) in [7, 11) is 0. The van der Waals surface area contributed by atoms with E-state index >= 15 is 0 Å². The Balaban J connectivity index is 1.76. The second-order valence-corrected chi connectivity index (χ2v) is 6.47. The van der Waals surface area contributed by atoms with E-state index < -0.39 is 12.1 Å². The van der Waals surface area contributed by atoms with Gasteiger partial charge in [0.1, 0.15) is 0 Å². The summed E-state index contributed by atoms with van der Waals surface area (Å²) in [4.78, 5) is 13.9. The van der Waals surface area contributed by atoms with Crippen LogP contribution in [0.15, 0.2) is 0 Å². The normalized spacial score (nSPS) is 24.1. The Morgan fingerprint density at radius 1 is 1.19 bits per heavy atom. The lowest BCUT2D eigenvalue weighted by atomic mass is 9.83. The minimum absolute atomic E-state index is 0.0293. The van der Waals surface area contributed by atoms with Crippen molar-refractivity contribution in [3.8, 4) is 0 Å². The molecule has 1 amide bonds. The molecule has 0 spiro atoms. The first kappa shape index (κ1) is 16.6. The van der Waals surface area contributed by atoms with Crippen molar-refractivity contribution in [2.24, 2.45) is 17.8 Å². The van der Waals surface area contributed by atoms with Crippen LogP contribution in [0.5, 0.6) is 0 Å². The van der Waals surface area contributed by atoms with Gasteiger partial charge in [-0.2, -0.15) is 13.2 Å². The van der Waals surface area contributed by atoms with E-state index in [1.54, 1.807) is 4.90 Å². The van der Waals surface area contributed by atoms with Crippen molar-refractivity contribution in [2.75, 3.05) is 26.2 Å². The van der Waals surface area contributed by atoms with Gasteiger partial charge in [-0.1, -0.05) is 6.92 Å². The topological polar surface area (TPSA) is 32.3 Å². The average molecular weight is 306 g/mol. The Kier molecular flexibility index (Phi) is 5.52. The zero-order chi connectivity index (χ0) is 15.5. The number of nitrogens with zero attached hydrogens (tertiary/aromatic N) is 1. The highest BCUT2D eigenvalue weighted by Gasteiger charge is 2.41. The van der Waals surface area contributed by atoms with Gasteiger partial charge in [0.2, 0.25) is 5.91 Å². The molecule has 0 saturated carbocycles. The van der Waals surface area contributed by atoms with Crippen LogP contribution >= 0.6 is 0 Å². The average Bonchev–Trinajstić information content (AvgIpc) is 2.47. The third-order valence-electron chi connectivity index (χ3n) is 5.00. The standard InChI is InChI=1S/C15H25F3N2O/c1-11(12-2-6-19-7-3-12)10-14(21)20-8-4-13(5-9-20)15(16,17)18/h11-13,19H,2-10H2,1H3. The van der Waals surface area contributed by atoms with Gasteiger partial charge in [0.25, 0.3) is 0 Å². The minimum atomic E-state index is -4.11. The Morgan fingerprint density at radius 3 is 2.29 bits per heavy atom. The van der Waals surface area contributed by atoms with Crippen LogP contribution in [0.1, 0.15) is 39.0 Å². The largest absolute Gasteiger partial charge is 0.391 e. The first-order valence-corrected chi connectivity index (χ1v) is 7.93. The van der Waals surface area contributed by atoms with Crippen molar-refractivity contribution in [2.45, 2.75) is 45.2 Å². The van der Waals surface area contributed by atoms with Crippen molar-refractivity contribution in [1.82, 2.24) is 10.2 Å². The van der Waals surface area contributed by atoms with Crippen molar-refractivity contribution in [3.63, 3.8) is 0 Å². The van der Waals surface area contributed by atoms with Gasteiger partial charge >= 0.3 is 6.18 Å². The molecule has 21 heavy (non-hydrogen) atoms. The fourth-order valence-electron chi connectivity index (χ4n) is 3.44. The van der Waals surface area contributed by atoms with E-state index in [1.807, 2.05) is 0 Å². The minimum Gasteiger partial charge on any atom is -0.343 e. The number of hydrogen-bond acceptors (Lipinski definition) is 2. The summed E-state index contributed by atoms with van der Waals surface area (Å²) < 4.78 is 37.8. The summed E-state index contributed by atoms with van der Waals surface area (Å²) in [6.07, 6.45) is -1.36. The van der Waals surface area contributed by atoms with Crippen LogP contribution in [-0.2, 0) is 4.79 Å². The highest BCUT2D eigenvalue weighted by molar-refractivity contribution is 5.76. The van der Waals surface area contributed by atoms with Gasteiger partial charge in [-0.15, -0.1) is 0 Å². The molecule has 0 aliphatic carbocycles. The molecule has 1 atom stereocenters. The van der Waals surface area contributed by atoms with Gasteiger partial charge in [-0.3, -0.25) is 4.79 Å². The van der Waals surface area contributed by atoms with Crippen LogP contribution in [-0.4, -0.2) is 43.2 Å². The summed E-state index contributed by atoms with van der Waals surface area (Å²) in [6, 6.07) is 0. The van der Waals surface area contributed by atoms with Crippen molar-refractivity contribution in [3.05, 3.63) is 0 Å². The Morgan fingerprint density at radius 2 is 1.76 bits per heavy atom. The number of likely N-dealkylation sites (tertiary alicyclic amines) is 1. The van der Waals surface area contributed by atoms with E-state index in [4.69, 9.17) is 0 Å². The molecule has 2 fully saturated rings. The molecule has 3 nitrogen and oxygen atoms in total. The third-order valence-corrected chi connectivity index (χ3v) is 5.00. The molecule has 2 saturated heterocycles. The van der Waals surface area contributed by atoms with Crippen LogP contribution in [0.25, 0.3) is 0 Å². The Hall–Kier alpha value is -0.780. The van der Waals surface area contributed by atoms with E-state index in [2.05, 4.69) is 12.2 Å². The lowest BCUT2D eigenvalue weighted by molar-refractivity contribution is -0.186. The van der Waals surface area contributed by atoms with Gasteiger partial charge in [-0.25, -0.2) is 0 Å². The summed E-state index contributed by atoms with van der Waals surface area (Å²) in [6.45, 7) is 4.60. The van der Waals surface area contributed by atoms with Crippen molar-refractivity contribution in [1.29, 1.82) is 0 Å². The van der Waals surface area contributed by atoms with E-state index in [-0.39, 0.29) is 31.8 Å². The quantitative estimate of drug-likeness (QED) is 0.869. The van der Waals surface area contributed by atoms with E-state index in [0.717, 1.165) is 25.9 Å². The maximum atomic E-state index is 12.6. The number of nitrogens with one attached hydrogen (secondary N) is 1. The number of alkyl halides is 3. The van der Waals surface area contributed by atoms with E-state index in [1.165, 1.54) is 0 Å². The van der Waals surface area contributed by atoms with E-state index in [0.29, 0.717) is 18.3 Å². The van der Waals surface area contributed by atoms with Gasteiger partial charge in [0.05, 0.1) is 5.92 Å². The summed E-state index contributed by atoms with van der Waals surface area (Å²) in [5, 5.41) is 3.30. The summed E-state index contributed by atoms with van der Waals surface area (Å²) in [5.41, 5.74) is 0. The highest BCUT2D eigenvalue weighted by atomic mass is 19.4. The molecule has 0 aromatic heterocycles. The summed E-state index contributed by atoms with van der Waals surface area (Å²) in [5.74, 6) is -0.326. The lowest BCUT2D eigenvalue weighted by Crippen LogP contribution is -2.43.